The Bertz CT molecular complexity index is 278. The second-order valence-electron chi connectivity index (χ2n) is 2.33. The molecular formula is C9H9NO2. The minimum absolute atomic E-state index is 0.167. The zero-order chi connectivity index (χ0) is 8.81. The summed E-state index contributed by atoms with van der Waals surface area (Å²) in [6, 6.07) is 8.67. The fourth-order valence-electron chi connectivity index (χ4n) is 0.960. The first-order valence-electron chi connectivity index (χ1n) is 3.61. The summed E-state index contributed by atoms with van der Waals surface area (Å²) in [5, 5.41) is 8.84. The number of aliphatic hydroxyl groups is 1. The van der Waals surface area contributed by atoms with Crippen molar-refractivity contribution >= 4 is 6.08 Å². The predicted molar refractivity (Wildman–Crippen MR) is 44.4 cm³/mol. The van der Waals surface area contributed by atoms with Crippen molar-refractivity contribution < 1.29 is 9.90 Å². The van der Waals surface area contributed by atoms with Crippen LogP contribution in [-0.4, -0.2) is 17.8 Å². The maximum Gasteiger partial charge on any atom is 0.235 e. The summed E-state index contributed by atoms with van der Waals surface area (Å²) in [6.07, 6.45) is 1.43. The molecule has 1 aromatic carbocycles. The van der Waals surface area contributed by atoms with Gasteiger partial charge in [-0.15, -0.1) is 0 Å². The van der Waals surface area contributed by atoms with Crippen molar-refractivity contribution in [3.63, 3.8) is 0 Å². The average Bonchev–Trinajstić information content (AvgIpc) is 2.15. The largest absolute Gasteiger partial charge is 0.394 e. The van der Waals surface area contributed by atoms with Crippen LogP contribution in [0.15, 0.2) is 35.3 Å². The van der Waals surface area contributed by atoms with Gasteiger partial charge < -0.3 is 5.11 Å². The fourth-order valence-corrected chi connectivity index (χ4v) is 0.960. The Kier molecular flexibility index (Phi) is 3.20. The van der Waals surface area contributed by atoms with Crippen LogP contribution in [-0.2, 0) is 4.79 Å². The van der Waals surface area contributed by atoms with E-state index in [0.717, 1.165) is 5.56 Å². The van der Waals surface area contributed by atoms with Crippen LogP contribution in [0, 0.1) is 0 Å². The van der Waals surface area contributed by atoms with Crippen molar-refractivity contribution in [1.29, 1.82) is 0 Å². The maximum absolute atomic E-state index is 9.94. The van der Waals surface area contributed by atoms with Crippen molar-refractivity contribution in [2.75, 3.05) is 6.61 Å². The van der Waals surface area contributed by atoms with Crippen LogP contribution in [0.25, 0.3) is 0 Å². The first-order valence-corrected chi connectivity index (χ1v) is 3.61. The number of isocyanates is 1. The van der Waals surface area contributed by atoms with E-state index >= 15 is 0 Å². The zero-order valence-corrected chi connectivity index (χ0v) is 6.47. The lowest BCUT2D eigenvalue weighted by Gasteiger charge is -2.05. The smallest absolute Gasteiger partial charge is 0.235 e. The lowest BCUT2D eigenvalue weighted by Crippen LogP contribution is -1.99. The minimum atomic E-state index is -0.469. The van der Waals surface area contributed by atoms with Gasteiger partial charge in [-0.25, -0.2) is 4.79 Å². The highest BCUT2D eigenvalue weighted by Gasteiger charge is 2.06. The topological polar surface area (TPSA) is 49.7 Å². The van der Waals surface area contributed by atoms with Gasteiger partial charge in [0, 0.05) is 0 Å². The van der Waals surface area contributed by atoms with Gasteiger partial charge in [0.2, 0.25) is 6.08 Å². The molecule has 0 bridgehead atoms. The van der Waals surface area contributed by atoms with Crippen LogP contribution in [0.3, 0.4) is 0 Å². The summed E-state index contributed by atoms with van der Waals surface area (Å²) in [6.45, 7) is -0.167. The van der Waals surface area contributed by atoms with Gasteiger partial charge in [-0.2, -0.15) is 4.99 Å². The van der Waals surface area contributed by atoms with Gasteiger partial charge in [-0.1, -0.05) is 30.3 Å². The van der Waals surface area contributed by atoms with Gasteiger partial charge in [0.25, 0.3) is 0 Å². The second kappa shape index (κ2) is 4.44. The van der Waals surface area contributed by atoms with Crippen LogP contribution in [0.4, 0.5) is 0 Å². The molecule has 1 aromatic rings. The molecule has 0 amide bonds. The summed E-state index contributed by atoms with van der Waals surface area (Å²) in [5.74, 6) is 0. The third-order valence-corrected chi connectivity index (χ3v) is 1.57. The molecule has 0 saturated carbocycles. The Hall–Kier alpha value is -1.44. The molecule has 0 aliphatic carbocycles. The highest BCUT2D eigenvalue weighted by Crippen LogP contribution is 2.14. The lowest BCUT2D eigenvalue weighted by molar-refractivity contribution is 0.268. The Morgan fingerprint density at radius 3 is 2.58 bits per heavy atom. The second-order valence-corrected chi connectivity index (χ2v) is 2.33. The standard InChI is InChI=1S/C9H9NO2/c11-6-9(10-7-12)8-4-2-1-3-5-8/h1-5,9,11H,6H2. The van der Waals surface area contributed by atoms with E-state index in [1.807, 2.05) is 30.3 Å². The molecule has 1 unspecified atom stereocenters. The van der Waals surface area contributed by atoms with E-state index in [0.29, 0.717) is 0 Å². The van der Waals surface area contributed by atoms with Crippen molar-refractivity contribution in [3.8, 4) is 0 Å². The Balaban J connectivity index is 2.87. The highest BCUT2D eigenvalue weighted by atomic mass is 16.3. The van der Waals surface area contributed by atoms with Crippen LogP contribution in [0.1, 0.15) is 11.6 Å². The third-order valence-electron chi connectivity index (χ3n) is 1.57. The lowest BCUT2D eigenvalue weighted by atomic mass is 10.1. The van der Waals surface area contributed by atoms with Gasteiger partial charge in [-0.3, -0.25) is 0 Å². The first-order chi connectivity index (χ1) is 5.88. The van der Waals surface area contributed by atoms with Gasteiger partial charge in [0.1, 0.15) is 6.04 Å². The molecule has 0 aliphatic rings. The number of carbonyl (C=O) groups excluding carboxylic acids is 1. The molecule has 3 nitrogen and oxygen atoms in total. The number of nitrogens with zero attached hydrogens (tertiary/aromatic N) is 1. The van der Waals surface area contributed by atoms with Crippen LogP contribution in [0.5, 0.6) is 0 Å². The number of hydrogen-bond donors (Lipinski definition) is 1. The third kappa shape index (κ3) is 2.02. The molecule has 0 aromatic heterocycles. The number of hydrogen-bond acceptors (Lipinski definition) is 3. The van der Waals surface area contributed by atoms with Gasteiger partial charge in [-0.05, 0) is 5.56 Å². The predicted octanol–water partition coefficient (Wildman–Crippen LogP) is 1.06. The van der Waals surface area contributed by atoms with Crippen LogP contribution >= 0.6 is 0 Å². The Morgan fingerprint density at radius 1 is 1.42 bits per heavy atom. The molecule has 3 heteroatoms. The summed E-state index contributed by atoms with van der Waals surface area (Å²) < 4.78 is 0. The van der Waals surface area contributed by atoms with E-state index in [9.17, 15) is 4.79 Å². The van der Waals surface area contributed by atoms with Crippen LogP contribution < -0.4 is 0 Å². The minimum Gasteiger partial charge on any atom is -0.394 e. The summed E-state index contributed by atoms with van der Waals surface area (Å²) >= 11 is 0. The molecular weight excluding hydrogens is 154 g/mol. The molecule has 0 aliphatic heterocycles. The highest BCUT2D eigenvalue weighted by molar-refractivity contribution is 5.35. The van der Waals surface area contributed by atoms with E-state index in [4.69, 9.17) is 5.11 Å². The van der Waals surface area contributed by atoms with E-state index in [1.165, 1.54) is 6.08 Å². The number of rotatable bonds is 3. The number of aliphatic hydroxyl groups excluding tert-OH is 1. The molecule has 1 N–H and O–H groups in total. The van der Waals surface area contributed by atoms with Crippen molar-refractivity contribution in [1.82, 2.24) is 0 Å². The molecule has 1 atom stereocenters. The maximum atomic E-state index is 9.94. The Morgan fingerprint density at radius 2 is 2.08 bits per heavy atom. The van der Waals surface area contributed by atoms with E-state index in [1.54, 1.807) is 0 Å². The summed E-state index contributed by atoms with van der Waals surface area (Å²) in [7, 11) is 0. The fraction of sp³-hybridized carbons (Fsp3) is 0.222. The van der Waals surface area contributed by atoms with E-state index < -0.39 is 6.04 Å². The molecule has 0 fully saturated rings. The average molecular weight is 163 g/mol. The van der Waals surface area contributed by atoms with Crippen molar-refractivity contribution in [2.45, 2.75) is 6.04 Å². The number of benzene rings is 1. The monoisotopic (exact) mass is 163 g/mol. The molecule has 62 valence electrons. The van der Waals surface area contributed by atoms with E-state index in [-0.39, 0.29) is 6.61 Å². The summed E-state index contributed by atoms with van der Waals surface area (Å²) in [5.41, 5.74) is 0.823. The SMILES string of the molecule is O=C=NC(CO)c1ccccc1. The molecule has 0 spiro atoms. The number of aliphatic imine (C=N–C) groups is 1. The van der Waals surface area contributed by atoms with Crippen molar-refractivity contribution in [3.05, 3.63) is 35.9 Å². The zero-order valence-electron chi connectivity index (χ0n) is 6.47. The van der Waals surface area contributed by atoms with Gasteiger partial charge in [0.05, 0.1) is 6.61 Å². The summed E-state index contributed by atoms with van der Waals surface area (Å²) in [4.78, 5) is 13.4. The molecule has 1 rings (SSSR count). The van der Waals surface area contributed by atoms with Gasteiger partial charge >= 0.3 is 0 Å². The Labute approximate surface area is 70.4 Å². The quantitative estimate of drug-likeness (QED) is 0.535. The van der Waals surface area contributed by atoms with Crippen molar-refractivity contribution in [2.24, 2.45) is 4.99 Å². The molecule has 0 radical (unpaired) electrons. The van der Waals surface area contributed by atoms with E-state index in [2.05, 4.69) is 4.99 Å². The molecule has 12 heavy (non-hydrogen) atoms. The van der Waals surface area contributed by atoms with Crippen LogP contribution in [0.2, 0.25) is 0 Å². The molecule has 0 heterocycles. The van der Waals surface area contributed by atoms with Gasteiger partial charge in [0.15, 0.2) is 0 Å². The first kappa shape index (κ1) is 8.65. The molecule has 0 saturated heterocycles. The normalized spacial score (nSPS) is 11.8.